The highest BCUT2D eigenvalue weighted by Crippen LogP contribution is 2.42. The molecule has 184 valence electrons. The van der Waals surface area contributed by atoms with E-state index >= 15 is 0 Å². The Hall–Kier alpha value is -2.88. The van der Waals surface area contributed by atoms with Gasteiger partial charge < -0.3 is 14.2 Å². The Morgan fingerprint density at radius 2 is 1.74 bits per heavy atom. The molecule has 1 amide bonds. The van der Waals surface area contributed by atoms with Crippen molar-refractivity contribution in [2.45, 2.75) is 58.0 Å². The average molecular weight is 479 g/mol. The lowest BCUT2D eigenvalue weighted by molar-refractivity contribution is -0.0892. The number of halogens is 3. The summed E-state index contributed by atoms with van der Waals surface area (Å²) in [6.45, 7) is 7.33. The molecule has 7 nitrogen and oxygen atoms in total. The lowest BCUT2D eigenvalue weighted by Crippen LogP contribution is -2.57. The molecule has 1 spiro atoms. The second-order valence-corrected chi connectivity index (χ2v) is 9.27. The number of pyridine rings is 1. The summed E-state index contributed by atoms with van der Waals surface area (Å²) < 4.78 is 46.4. The number of hydrogen-bond donors (Lipinski definition) is 0. The Morgan fingerprint density at radius 1 is 1.06 bits per heavy atom. The molecule has 0 unspecified atom stereocenters. The van der Waals surface area contributed by atoms with Crippen molar-refractivity contribution >= 4 is 11.7 Å². The molecule has 2 aliphatic rings. The van der Waals surface area contributed by atoms with Crippen LogP contribution in [0.1, 0.15) is 59.1 Å². The molecule has 0 atom stereocenters. The van der Waals surface area contributed by atoms with Crippen LogP contribution in [0.5, 0.6) is 5.75 Å². The molecule has 2 aromatic heterocycles. The third-order valence-electron chi connectivity index (χ3n) is 6.83. The lowest BCUT2D eigenvalue weighted by atomic mass is 9.81. The number of nitrogens with zero attached hydrogens (tertiary/aromatic N) is 4. The largest absolute Gasteiger partial charge is 0.489 e. The van der Waals surface area contributed by atoms with E-state index in [2.05, 4.69) is 9.88 Å². The second-order valence-electron chi connectivity index (χ2n) is 9.27. The van der Waals surface area contributed by atoms with Crippen LogP contribution in [0.4, 0.5) is 13.2 Å². The molecule has 1 fully saturated rings. The van der Waals surface area contributed by atoms with Gasteiger partial charge in [-0.05, 0) is 64.9 Å². The maximum absolute atomic E-state index is 13.1. The fourth-order valence-corrected chi connectivity index (χ4v) is 5.04. The summed E-state index contributed by atoms with van der Waals surface area (Å²) in [6, 6.07) is 6.31. The Labute approximate surface area is 196 Å². The number of ketones is 1. The number of likely N-dealkylation sites (tertiary alicyclic amines) is 1. The number of aromatic nitrogens is 2. The maximum atomic E-state index is 13.1. The third-order valence-corrected chi connectivity index (χ3v) is 6.83. The normalized spacial score (nSPS) is 18.3. The number of rotatable bonds is 4. The molecule has 0 N–H and O–H groups in total. The maximum Gasteiger partial charge on any atom is 0.456 e. The number of fused-ring (bicyclic) bond motifs is 2. The molecule has 0 saturated carbocycles. The molecule has 34 heavy (non-hydrogen) atoms. The Bertz CT molecular complexity index is 1100. The Kier molecular flexibility index (Phi) is 6.22. The van der Waals surface area contributed by atoms with E-state index in [-0.39, 0.29) is 17.7 Å². The second kappa shape index (κ2) is 8.72. The van der Waals surface area contributed by atoms with Gasteiger partial charge in [-0.25, -0.2) is 4.98 Å². The van der Waals surface area contributed by atoms with Gasteiger partial charge in [0.15, 0.2) is 0 Å². The van der Waals surface area contributed by atoms with Crippen LogP contribution in [0.2, 0.25) is 0 Å². The first-order chi connectivity index (χ1) is 15.9. The molecule has 2 aliphatic heterocycles. The smallest absolute Gasteiger partial charge is 0.456 e. The van der Waals surface area contributed by atoms with Crippen LogP contribution >= 0.6 is 0 Å². The van der Waals surface area contributed by atoms with Crippen LogP contribution in [0.3, 0.4) is 0 Å². The van der Waals surface area contributed by atoms with Crippen molar-refractivity contribution in [3.05, 3.63) is 47.0 Å². The number of Topliss-reactive ketones (excluding diaryl/α,β-unsaturated/α-hetero) is 1. The van der Waals surface area contributed by atoms with E-state index in [1.165, 1.54) is 10.6 Å². The van der Waals surface area contributed by atoms with E-state index in [0.29, 0.717) is 61.9 Å². The number of hydrogen-bond acceptors (Lipinski definition) is 5. The van der Waals surface area contributed by atoms with Gasteiger partial charge in [0.25, 0.3) is 11.7 Å². The highest BCUT2D eigenvalue weighted by atomic mass is 19.4. The van der Waals surface area contributed by atoms with Gasteiger partial charge in [0.05, 0.1) is 23.0 Å². The number of amides is 1. The molecule has 0 bridgehead atoms. The molecule has 2 aromatic rings. The summed E-state index contributed by atoms with van der Waals surface area (Å²) in [4.78, 5) is 33.3. The minimum atomic E-state index is -4.91. The highest BCUT2D eigenvalue weighted by Gasteiger charge is 2.48. The van der Waals surface area contributed by atoms with E-state index in [9.17, 15) is 22.8 Å². The Balaban J connectivity index is 1.53. The van der Waals surface area contributed by atoms with E-state index < -0.39 is 17.5 Å². The van der Waals surface area contributed by atoms with Crippen molar-refractivity contribution < 1.29 is 27.5 Å². The van der Waals surface area contributed by atoms with E-state index in [1.54, 1.807) is 30.0 Å². The quantitative estimate of drug-likeness (QED) is 0.626. The number of aryl methyl sites for hydroxylation is 1. The van der Waals surface area contributed by atoms with E-state index in [4.69, 9.17) is 4.74 Å². The molecule has 1 saturated heterocycles. The van der Waals surface area contributed by atoms with Crippen molar-refractivity contribution in [1.29, 1.82) is 0 Å². The number of likely N-dealkylation sites (N-methyl/N-ethyl adjacent to an activating group) is 1. The molecular formula is C24H29F3N4O3. The zero-order chi connectivity index (χ0) is 24.8. The molecular weight excluding hydrogens is 449 g/mol. The van der Waals surface area contributed by atoms with Gasteiger partial charge in [0, 0.05) is 31.9 Å². The monoisotopic (exact) mass is 478 g/mol. The zero-order valence-electron chi connectivity index (χ0n) is 19.8. The number of alkyl halides is 3. The van der Waals surface area contributed by atoms with Gasteiger partial charge in [-0.2, -0.15) is 13.2 Å². The van der Waals surface area contributed by atoms with Crippen LogP contribution < -0.4 is 4.74 Å². The van der Waals surface area contributed by atoms with Crippen molar-refractivity contribution in [2.24, 2.45) is 0 Å². The summed E-state index contributed by atoms with van der Waals surface area (Å²) >= 11 is 0. The van der Waals surface area contributed by atoms with Gasteiger partial charge in [-0.15, -0.1) is 0 Å². The SMILES string of the molecule is Cc1nc(C(=O)N2CCC3(CC2)c2ccc(C(=O)C(F)(F)F)n2CCN3C)ccc1OC(C)C. The van der Waals surface area contributed by atoms with Crippen molar-refractivity contribution in [3.8, 4) is 5.75 Å². The third kappa shape index (κ3) is 4.19. The van der Waals surface area contributed by atoms with Crippen molar-refractivity contribution in [1.82, 2.24) is 19.4 Å². The van der Waals surface area contributed by atoms with Gasteiger partial charge >= 0.3 is 6.18 Å². The van der Waals surface area contributed by atoms with Gasteiger partial charge in [-0.1, -0.05) is 0 Å². The standard InChI is InChI=1S/C24H29F3N4O3/c1-15(2)34-19-7-5-17(28-16(19)3)22(33)30-11-9-23(10-12-30)20-8-6-18(21(32)24(25,26)27)31(20)14-13-29(23)4/h5-8,15H,9-14H2,1-4H3. The molecule has 10 heteroatoms. The number of piperidine rings is 1. The van der Waals surface area contributed by atoms with Crippen LogP contribution in [-0.4, -0.2) is 70.0 Å². The van der Waals surface area contributed by atoms with E-state index in [1.807, 2.05) is 20.9 Å². The minimum absolute atomic E-state index is 0.00120. The molecule has 0 aromatic carbocycles. The fourth-order valence-electron chi connectivity index (χ4n) is 5.04. The summed E-state index contributed by atoms with van der Waals surface area (Å²) in [5, 5.41) is 0. The topological polar surface area (TPSA) is 67.7 Å². The summed E-state index contributed by atoms with van der Waals surface area (Å²) in [5.74, 6) is -1.37. The molecule has 4 heterocycles. The lowest BCUT2D eigenvalue weighted by Gasteiger charge is -2.50. The first-order valence-electron chi connectivity index (χ1n) is 11.4. The molecule has 4 rings (SSSR count). The van der Waals surface area contributed by atoms with Crippen LogP contribution in [0, 0.1) is 6.92 Å². The average Bonchev–Trinajstić information content (AvgIpc) is 3.21. The van der Waals surface area contributed by atoms with Gasteiger partial charge in [-0.3, -0.25) is 14.5 Å². The first kappa shape index (κ1) is 24.3. The van der Waals surface area contributed by atoms with E-state index in [0.717, 1.165) is 0 Å². The first-order valence-corrected chi connectivity index (χ1v) is 11.4. The minimum Gasteiger partial charge on any atom is -0.489 e. The van der Waals surface area contributed by atoms with Crippen LogP contribution in [0.25, 0.3) is 0 Å². The Morgan fingerprint density at radius 3 is 2.32 bits per heavy atom. The summed E-state index contributed by atoms with van der Waals surface area (Å²) in [6.07, 6.45) is -3.82. The number of carbonyl (C=O) groups is 2. The van der Waals surface area contributed by atoms with Gasteiger partial charge in [0.1, 0.15) is 11.4 Å². The van der Waals surface area contributed by atoms with Crippen LogP contribution in [-0.2, 0) is 12.1 Å². The highest BCUT2D eigenvalue weighted by molar-refractivity contribution is 5.99. The predicted molar refractivity (Wildman–Crippen MR) is 119 cm³/mol. The summed E-state index contributed by atoms with van der Waals surface area (Å²) in [7, 11) is 1.94. The molecule has 0 radical (unpaired) electrons. The van der Waals surface area contributed by atoms with Crippen molar-refractivity contribution in [3.63, 3.8) is 0 Å². The van der Waals surface area contributed by atoms with Crippen LogP contribution in [0.15, 0.2) is 24.3 Å². The predicted octanol–water partition coefficient (Wildman–Crippen LogP) is 3.80. The van der Waals surface area contributed by atoms with Gasteiger partial charge in [0.2, 0.25) is 0 Å². The zero-order valence-corrected chi connectivity index (χ0v) is 19.8. The molecule has 0 aliphatic carbocycles. The van der Waals surface area contributed by atoms with Crippen molar-refractivity contribution in [2.75, 3.05) is 26.7 Å². The number of ether oxygens (including phenoxy) is 1. The number of carbonyl (C=O) groups excluding carboxylic acids is 2. The summed E-state index contributed by atoms with van der Waals surface area (Å²) in [5.41, 5.74) is 0.821. The fraction of sp³-hybridized carbons (Fsp3) is 0.542.